The highest BCUT2D eigenvalue weighted by molar-refractivity contribution is 7.08. The molecule has 0 aromatic carbocycles. The molecule has 1 aromatic heterocycles. The molecule has 1 spiro atoms. The van der Waals surface area contributed by atoms with E-state index < -0.39 is 0 Å². The van der Waals surface area contributed by atoms with Crippen molar-refractivity contribution < 1.29 is 9.59 Å². The molecular weight excluding hydrogens is 298 g/mol. The van der Waals surface area contributed by atoms with E-state index in [1.807, 2.05) is 47.5 Å². The number of nitrogens with zero attached hydrogens (tertiary/aromatic N) is 3. The van der Waals surface area contributed by atoms with E-state index in [-0.39, 0.29) is 23.3 Å². The molecule has 1 atom stereocenters. The maximum atomic E-state index is 12.4. The van der Waals surface area contributed by atoms with Gasteiger partial charge in [-0.15, -0.1) is 0 Å². The van der Waals surface area contributed by atoms with Crippen LogP contribution < -0.4 is 4.90 Å². The van der Waals surface area contributed by atoms with E-state index in [1.54, 1.807) is 11.3 Å². The molecule has 6 heteroatoms. The van der Waals surface area contributed by atoms with Crippen LogP contribution in [0.5, 0.6) is 0 Å². The molecule has 0 bridgehead atoms. The number of anilines is 1. The van der Waals surface area contributed by atoms with Gasteiger partial charge in [0.05, 0.1) is 17.8 Å². The third-order valence-electron chi connectivity index (χ3n) is 4.89. The van der Waals surface area contributed by atoms with Crippen LogP contribution in [0.4, 0.5) is 5.69 Å². The lowest BCUT2D eigenvalue weighted by atomic mass is 9.92. The van der Waals surface area contributed by atoms with Crippen molar-refractivity contribution in [3.63, 3.8) is 0 Å². The predicted octanol–water partition coefficient (Wildman–Crippen LogP) is 1.65. The molecule has 0 radical (unpaired) electrons. The van der Waals surface area contributed by atoms with Gasteiger partial charge < -0.3 is 9.80 Å². The monoisotopic (exact) mass is 321 g/mol. The molecule has 0 aliphatic carbocycles. The van der Waals surface area contributed by atoms with Crippen LogP contribution in [0.15, 0.2) is 16.8 Å². The number of likely N-dealkylation sites (tertiary alicyclic amines) is 1. The maximum Gasteiger partial charge on any atom is 0.241 e. The fourth-order valence-corrected chi connectivity index (χ4v) is 4.10. The highest BCUT2D eigenvalue weighted by atomic mass is 32.1. The summed E-state index contributed by atoms with van der Waals surface area (Å²) >= 11 is 1.60. The van der Waals surface area contributed by atoms with E-state index >= 15 is 0 Å². The first-order valence-electron chi connectivity index (χ1n) is 7.75. The maximum absolute atomic E-state index is 12.4. The van der Waals surface area contributed by atoms with Crippen molar-refractivity contribution in [2.75, 3.05) is 38.1 Å². The van der Waals surface area contributed by atoms with E-state index in [0.29, 0.717) is 19.6 Å². The molecule has 5 nitrogen and oxygen atoms in total. The van der Waals surface area contributed by atoms with Crippen LogP contribution in [-0.4, -0.2) is 60.4 Å². The molecule has 3 rings (SSSR count). The summed E-state index contributed by atoms with van der Waals surface area (Å²) in [5, 5.41) is 4.01. The van der Waals surface area contributed by atoms with Crippen LogP contribution in [-0.2, 0) is 9.59 Å². The minimum absolute atomic E-state index is 0.0265. The van der Waals surface area contributed by atoms with Crippen LogP contribution >= 0.6 is 11.3 Å². The van der Waals surface area contributed by atoms with Gasteiger partial charge in [0.25, 0.3) is 0 Å². The number of piperazine rings is 1. The SMILES string of the molecule is CC(C)C(=O)N1CC[C@@]2(C1)CN(c1ccsc1)C(=O)CN2C. The van der Waals surface area contributed by atoms with Crippen LogP contribution in [0, 0.1) is 5.92 Å². The van der Waals surface area contributed by atoms with Crippen LogP contribution in [0.1, 0.15) is 20.3 Å². The first-order valence-corrected chi connectivity index (χ1v) is 8.70. The third-order valence-corrected chi connectivity index (χ3v) is 5.56. The Morgan fingerprint density at radius 3 is 2.77 bits per heavy atom. The lowest BCUT2D eigenvalue weighted by Gasteiger charge is -2.46. The largest absolute Gasteiger partial charge is 0.340 e. The third kappa shape index (κ3) is 2.54. The molecule has 2 fully saturated rings. The van der Waals surface area contributed by atoms with E-state index in [9.17, 15) is 9.59 Å². The second-order valence-electron chi connectivity index (χ2n) is 6.71. The molecule has 0 N–H and O–H groups in total. The van der Waals surface area contributed by atoms with Crippen LogP contribution in [0.2, 0.25) is 0 Å². The molecule has 2 aliphatic heterocycles. The number of hydrogen-bond donors (Lipinski definition) is 0. The van der Waals surface area contributed by atoms with Crippen molar-refractivity contribution in [3.8, 4) is 0 Å². The quantitative estimate of drug-likeness (QED) is 0.832. The highest BCUT2D eigenvalue weighted by Crippen LogP contribution is 2.34. The summed E-state index contributed by atoms with van der Waals surface area (Å²) in [6, 6.07) is 1.99. The van der Waals surface area contributed by atoms with Crippen molar-refractivity contribution in [2.24, 2.45) is 5.92 Å². The fraction of sp³-hybridized carbons (Fsp3) is 0.625. The molecular formula is C16H23N3O2S. The van der Waals surface area contributed by atoms with E-state index in [0.717, 1.165) is 18.7 Å². The Labute approximate surface area is 135 Å². The number of thiophene rings is 1. The molecule has 0 saturated carbocycles. The van der Waals surface area contributed by atoms with Gasteiger partial charge in [0, 0.05) is 30.9 Å². The Balaban J connectivity index is 1.81. The van der Waals surface area contributed by atoms with Crippen molar-refractivity contribution in [1.29, 1.82) is 0 Å². The van der Waals surface area contributed by atoms with Gasteiger partial charge in [-0.25, -0.2) is 0 Å². The van der Waals surface area contributed by atoms with Gasteiger partial charge in [-0.3, -0.25) is 14.5 Å². The van der Waals surface area contributed by atoms with Gasteiger partial charge in [-0.1, -0.05) is 13.8 Å². The van der Waals surface area contributed by atoms with Gasteiger partial charge in [-0.05, 0) is 24.9 Å². The number of carbonyl (C=O) groups excluding carboxylic acids is 2. The Kier molecular flexibility index (Phi) is 3.99. The zero-order valence-electron chi connectivity index (χ0n) is 13.4. The summed E-state index contributed by atoms with van der Waals surface area (Å²) < 4.78 is 0. The first kappa shape index (κ1) is 15.5. The minimum atomic E-state index is -0.111. The summed E-state index contributed by atoms with van der Waals surface area (Å²) in [7, 11) is 2.01. The Hall–Kier alpha value is -1.40. The van der Waals surface area contributed by atoms with Crippen molar-refractivity contribution in [2.45, 2.75) is 25.8 Å². The summed E-state index contributed by atoms with van der Waals surface area (Å²) in [6.07, 6.45) is 0.926. The Morgan fingerprint density at radius 1 is 1.36 bits per heavy atom. The number of rotatable bonds is 2. The normalized spacial score (nSPS) is 26.5. The summed E-state index contributed by atoms with van der Waals surface area (Å²) in [6.45, 7) is 6.47. The van der Waals surface area contributed by atoms with Gasteiger partial charge in [-0.2, -0.15) is 11.3 Å². The van der Waals surface area contributed by atoms with E-state index in [1.165, 1.54) is 0 Å². The lowest BCUT2D eigenvalue weighted by Crippen LogP contribution is -2.64. The van der Waals surface area contributed by atoms with Gasteiger partial charge >= 0.3 is 0 Å². The minimum Gasteiger partial charge on any atom is -0.340 e. The zero-order valence-corrected chi connectivity index (χ0v) is 14.2. The highest BCUT2D eigenvalue weighted by Gasteiger charge is 2.48. The smallest absolute Gasteiger partial charge is 0.241 e. The molecule has 0 unspecified atom stereocenters. The summed E-state index contributed by atoms with van der Waals surface area (Å²) in [5.41, 5.74) is 0.872. The summed E-state index contributed by atoms with van der Waals surface area (Å²) in [4.78, 5) is 30.7. The second kappa shape index (κ2) is 5.66. The first-order chi connectivity index (χ1) is 10.4. The topological polar surface area (TPSA) is 43.9 Å². The molecule has 3 heterocycles. The number of carbonyl (C=O) groups is 2. The standard InChI is InChI=1S/C16H23N3O2S/c1-12(2)15(21)18-6-5-16(10-18)11-19(13-4-7-22-9-13)14(20)8-17(16)3/h4,7,9,12H,5-6,8,10-11H2,1-3H3/t16-/m1/s1. The van der Waals surface area contributed by atoms with Gasteiger partial charge in [0.15, 0.2) is 0 Å². The van der Waals surface area contributed by atoms with Crippen molar-refractivity contribution >= 4 is 28.8 Å². The lowest BCUT2D eigenvalue weighted by molar-refractivity contribution is -0.134. The average molecular weight is 321 g/mol. The van der Waals surface area contributed by atoms with Crippen molar-refractivity contribution in [3.05, 3.63) is 16.8 Å². The molecule has 120 valence electrons. The molecule has 1 aromatic rings. The van der Waals surface area contributed by atoms with Crippen molar-refractivity contribution in [1.82, 2.24) is 9.80 Å². The van der Waals surface area contributed by atoms with E-state index in [2.05, 4.69) is 4.90 Å². The predicted molar refractivity (Wildman–Crippen MR) is 88.1 cm³/mol. The number of likely N-dealkylation sites (N-methyl/N-ethyl adjacent to an activating group) is 1. The van der Waals surface area contributed by atoms with Gasteiger partial charge in [0.1, 0.15) is 0 Å². The Bertz CT molecular complexity index is 572. The van der Waals surface area contributed by atoms with Gasteiger partial charge in [0.2, 0.25) is 11.8 Å². The van der Waals surface area contributed by atoms with Crippen LogP contribution in [0.25, 0.3) is 0 Å². The zero-order chi connectivity index (χ0) is 15.9. The average Bonchev–Trinajstić information content (AvgIpc) is 3.13. The van der Waals surface area contributed by atoms with E-state index in [4.69, 9.17) is 0 Å². The number of hydrogen-bond acceptors (Lipinski definition) is 4. The Morgan fingerprint density at radius 2 is 2.14 bits per heavy atom. The molecule has 2 amide bonds. The summed E-state index contributed by atoms with van der Waals surface area (Å²) in [5.74, 6) is 0.378. The van der Waals surface area contributed by atoms with Crippen LogP contribution in [0.3, 0.4) is 0 Å². The fourth-order valence-electron chi connectivity index (χ4n) is 3.46. The second-order valence-corrected chi connectivity index (χ2v) is 7.49. The number of amides is 2. The molecule has 2 saturated heterocycles. The molecule has 22 heavy (non-hydrogen) atoms. The molecule has 2 aliphatic rings.